The van der Waals surface area contributed by atoms with Crippen LogP contribution in [0.2, 0.25) is 0 Å². The first-order chi connectivity index (χ1) is 18.9. The van der Waals surface area contributed by atoms with Gasteiger partial charge in [-0.15, -0.1) is 0 Å². The topological polar surface area (TPSA) is 52.2 Å². The molecule has 1 unspecified atom stereocenters. The van der Waals surface area contributed by atoms with E-state index < -0.39 is 0 Å². The Bertz CT molecular complexity index is 415. The van der Waals surface area contributed by atoms with Crippen molar-refractivity contribution in [3.63, 3.8) is 0 Å². The molecule has 1 N–H and O–H groups in total. The number of nitrogens with one attached hydrogen (secondary N) is 1. The van der Waals surface area contributed by atoms with Crippen LogP contribution in [0.3, 0.4) is 0 Å². The summed E-state index contributed by atoms with van der Waals surface area (Å²) in [5.74, 6) is 0. The maximum absolute atomic E-state index is 6.18. The van der Waals surface area contributed by atoms with Gasteiger partial charge in [-0.2, -0.15) is 0 Å². The van der Waals surface area contributed by atoms with Crippen molar-refractivity contribution in [1.29, 1.82) is 0 Å². The first-order valence-corrected chi connectivity index (χ1v) is 16.6. The maximum atomic E-state index is 6.18. The van der Waals surface area contributed by atoms with Crippen LogP contribution in [0.1, 0.15) is 123 Å². The van der Waals surface area contributed by atoms with Crippen LogP contribution in [-0.4, -0.2) is 90.0 Å². The Morgan fingerprint density at radius 3 is 1.58 bits per heavy atom. The molecule has 0 aliphatic carbocycles. The van der Waals surface area contributed by atoms with E-state index in [1.54, 1.807) is 0 Å². The van der Waals surface area contributed by atoms with Crippen LogP contribution in [-0.2, 0) is 18.9 Å². The molecule has 38 heavy (non-hydrogen) atoms. The molecule has 0 spiro atoms. The number of hydrogen-bond acceptors (Lipinski definition) is 6. The van der Waals surface area contributed by atoms with E-state index in [0.29, 0.717) is 32.5 Å². The second kappa shape index (κ2) is 29.7. The van der Waals surface area contributed by atoms with E-state index in [-0.39, 0.29) is 0 Å². The molecule has 0 radical (unpaired) electrons. The number of unbranched alkanes of at least 4 members (excludes halogenated alkanes) is 14. The predicted octanol–water partition coefficient (Wildman–Crippen LogP) is 7.00. The summed E-state index contributed by atoms with van der Waals surface area (Å²) in [7, 11) is 0. The Morgan fingerprint density at radius 2 is 1.00 bits per heavy atom. The lowest BCUT2D eigenvalue weighted by Gasteiger charge is -2.32. The van der Waals surface area contributed by atoms with Gasteiger partial charge in [0.05, 0.1) is 52.9 Å². The predicted molar refractivity (Wildman–Crippen MR) is 161 cm³/mol. The van der Waals surface area contributed by atoms with E-state index in [2.05, 4.69) is 24.1 Å². The zero-order valence-electron chi connectivity index (χ0n) is 25.7. The third-order valence-corrected chi connectivity index (χ3v) is 7.63. The Morgan fingerprint density at radius 1 is 0.526 bits per heavy atom. The van der Waals surface area contributed by atoms with E-state index in [4.69, 9.17) is 18.9 Å². The van der Waals surface area contributed by atoms with Gasteiger partial charge in [-0.25, -0.2) is 0 Å². The summed E-state index contributed by atoms with van der Waals surface area (Å²) in [6.07, 6.45) is 23.1. The quantitative estimate of drug-likeness (QED) is 0.188. The average Bonchev–Trinajstić information content (AvgIpc) is 2.93. The molecule has 6 heteroatoms. The van der Waals surface area contributed by atoms with Gasteiger partial charge in [-0.1, -0.05) is 110 Å². The standard InChI is InChI=1S/C32H66N2O4/c1-3-5-7-9-11-13-15-17-19-32-31-38-30-29-36-25-21-33-20-24-35-27-28-37-26-23-34(32)22-18-16-14-12-10-8-6-4-2/h32-33H,3-31H2,1-2H3. The van der Waals surface area contributed by atoms with Gasteiger partial charge in [0.15, 0.2) is 0 Å². The minimum Gasteiger partial charge on any atom is -0.378 e. The highest BCUT2D eigenvalue weighted by Gasteiger charge is 2.18. The van der Waals surface area contributed by atoms with E-state index >= 15 is 0 Å². The van der Waals surface area contributed by atoms with Gasteiger partial charge in [-0.05, 0) is 19.4 Å². The van der Waals surface area contributed by atoms with E-state index in [9.17, 15) is 0 Å². The van der Waals surface area contributed by atoms with Gasteiger partial charge in [0.25, 0.3) is 0 Å². The molecule has 6 nitrogen and oxygen atoms in total. The number of hydrogen-bond donors (Lipinski definition) is 1. The molecular weight excluding hydrogens is 476 g/mol. The highest BCUT2D eigenvalue weighted by Crippen LogP contribution is 2.16. The first-order valence-electron chi connectivity index (χ1n) is 16.6. The zero-order chi connectivity index (χ0) is 27.2. The second-order valence-electron chi connectivity index (χ2n) is 11.1. The molecule has 0 aromatic heterocycles. The number of rotatable bonds is 18. The van der Waals surface area contributed by atoms with Crippen molar-refractivity contribution in [2.75, 3.05) is 79.0 Å². The molecule has 0 aromatic rings. The fraction of sp³-hybridized carbons (Fsp3) is 1.00. The lowest BCUT2D eigenvalue weighted by Crippen LogP contribution is -2.42. The van der Waals surface area contributed by atoms with Crippen molar-refractivity contribution < 1.29 is 18.9 Å². The Balaban J connectivity index is 2.52. The van der Waals surface area contributed by atoms with Gasteiger partial charge in [0.1, 0.15) is 0 Å². The summed E-state index contributed by atoms with van der Waals surface area (Å²) >= 11 is 0. The second-order valence-corrected chi connectivity index (χ2v) is 11.1. The van der Waals surface area contributed by atoms with Crippen molar-refractivity contribution in [2.24, 2.45) is 0 Å². The highest BCUT2D eigenvalue weighted by atomic mass is 16.5. The molecule has 0 aromatic carbocycles. The molecular formula is C32H66N2O4. The normalized spacial score (nSPS) is 20.2. The third-order valence-electron chi connectivity index (χ3n) is 7.63. The molecule has 1 rings (SSSR count). The average molecular weight is 543 g/mol. The Kier molecular flexibility index (Phi) is 28.0. The fourth-order valence-electron chi connectivity index (χ4n) is 5.17. The molecule has 0 bridgehead atoms. The molecule has 1 atom stereocenters. The third kappa shape index (κ3) is 23.6. The van der Waals surface area contributed by atoms with Crippen molar-refractivity contribution >= 4 is 0 Å². The van der Waals surface area contributed by atoms with Crippen molar-refractivity contribution in [3.8, 4) is 0 Å². The van der Waals surface area contributed by atoms with Gasteiger partial charge >= 0.3 is 0 Å². The van der Waals surface area contributed by atoms with Crippen LogP contribution < -0.4 is 5.32 Å². The summed E-state index contributed by atoms with van der Waals surface area (Å²) < 4.78 is 23.6. The van der Waals surface area contributed by atoms with Gasteiger partial charge in [0.2, 0.25) is 0 Å². The highest BCUT2D eigenvalue weighted by molar-refractivity contribution is 4.73. The molecule has 1 aliphatic rings. The summed E-state index contributed by atoms with van der Waals surface area (Å²) in [6, 6.07) is 0.472. The van der Waals surface area contributed by atoms with Crippen LogP contribution in [0.4, 0.5) is 0 Å². The summed E-state index contributed by atoms with van der Waals surface area (Å²) in [6.45, 7) is 14.1. The molecule has 0 saturated carbocycles. The molecule has 0 amide bonds. The van der Waals surface area contributed by atoms with Crippen LogP contribution in [0.5, 0.6) is 0 Å². The number of nitrogens with zero attached hydrogens (tertiary/aromatic N) is 1. The largest absolute Gasteiger partial charge is 0.378 e. The fourth-order valence-corrected chi connectivity index (χ4v) is 5.17. The Labute approximate surface area is 237 Å². The molecule has 1 fully saturated rings. The first kappa shape index (κ1) is 35.8. The summed E-state index contributed by atoms with van der Waals surface area (Å²) in [4.78, 5) is 2.67. The summed E-state index contributed by atoms with van der Waals surface area (Å²) in [5, 5.41) is 3.35. The van der Waals surface area contributed by atoms with Crippen molar-refractivity contribution in [2.45, 2.75) is 129 Å². The monoisotopic (exact) mass is 543 g/mol. The van der Waals surface area contributed by atoms with Crippen LogP contribution in [0.25, 0.3) is 0 Å². The van der Waals surface area contributed by atoms with Crippen LogP contribution in [0.15, 0.2) is 0 Å². The van der Waals surface area contributed by atoms with Gasteiger partial charge in [-0.3, -0.25) is 4.90 Å². The van der Waals surface area contributed by atoms with Gasteiger partial charge in [0, 0.05) is 25.7 Å². The van der Waals surface area contributed by atoms with Crippen molar-refractivity contribution in [1.82, 2.24) is 10.2 Å². The lowest BCUT2D eigenvalue weighted by atomic mass is 10.0. The maximum Gasteiger partial charge on any atom is 0.0701 e. The SMILES string of the molecule is CCCCCCCCCCC1COCCOCCNCCOCCOCCN1CCCCCCCCCC. The lowest BCUT2D eigenvalue weighted by molar-refractivity contribution is -0.00146. The molecule has 228 valence electrons. The van der Waals surface area contributed by atoms with E-state index in [0.717, 1.165) is 52.6 Å². The van der Waals surface area contributed by atoms with Crippen LogP contribution in [0, 0.1) is 0 Å². The van der Waals surface area contributed by atoms with Crippen LogP contribution >= 0.6 is 0 Å². The smallest absolute Gasteiger partial charge is 0.0701 e. The van der Waals surface area contributed by atoms with Gasteiger partial charge < -0.3 is 24.3 Å². The minimum atomic E-state index is 0.472. The zero-order valence-corrected chi connectivity index (χ0v) is 25.7. The molecule has 1 heterocycles. The summed E-state index contributed by atoms with van der Waals surface area (Å²) in [5.41, 5.74) is 0. The van der Waals surface area contributed by atoms with E-state index in [1.807, 2.05) is 0 Å². The van der Waals surface area contributed by atoms with Crippen molar-refractivity contribution in [3.05, 3.63) is 0 Å². The number of ether oxygens (including phenoxy) is 4. The Hall–Kier alpha value is -0.240. The molecule has 1 saturated heterocycles. The molecule has 1 aliphatic heterocycles. The minimum absolute atomic E-state index is 0.472. The van der Waals surface area contributed by atoms with E-state index in [1.165, 1.54) is 109 Å².